The number of rotatable bonds is 4. The Balaban J connectivity index is 2.74. The molecule has 0 aliphatic rings. The van der Waals surface area contributed by atoms with Crippen LogP contribution in [0.5, 0.6) is 0 Å². The summed E-state index contributed by atoms with van der Waals surface area (Å²) in [5.74, 6) is 0. The van der Waals surface area contributed by atoms with E-state index >= 15 is 0 Å². The minimum absolute atomic E-state index is 1.24. The lowest BCUT2D eigenvalue weighted by Gasteiger charge is -1.81. The maximum Gasteiger partial charge on any atom is 0.0276 e. The molecule has 0 aliphatic heterocycles. The molecular formula is C12H12S. The van der Waals surface area contributed by atoms with E-state index in [1.165, 1.54) is 9.75 Å². The van der Waals surface area contributed by atoms with Gasteiger partial charge in [-0.25, -0.2) is 0 Å². The minimum atomic E-state index is 1.24. The van der Waals surface area contributed by atoms with Crippen molar-refractivity contribution in [3.8, 4) is 0 Å². The van der Waals surface area contributed by atoms with Crippen molar-refractivity contribution in [1.82, 2.24) is 0 Å². The first-order valence-electron chi connectivity index (χ1n) is 4.05. The van der Waals surface area contributed by atoms with Crippen LogP contribution in [0.4, 0.5) is 0 Å². The molecule has 0 fully saturated rings. The van der Waals surface area contributed by atoms with Gasteiger partial charge in [0.1, 0.15) is 0 Å². The molecule has 1 heteroatoms. The maximum absolute atomic E-state index is 3.62. The molecule has 0 saturated carbocycles. The molecule has 0 atom stereocenters. The van der Waals surface area contributed by atoms with E-state index in [4.69, 9.17) is 0 Å². The lowest BCUT2D eigenvalue weighted by atomic mass is 10.3. The Morgan fingerprint density at radius 2 is 1.38 bits per heavy atom. The van der Waals surface area contributed by atoms with Crippen molar-refractivity contribution in [1.29, 1.82) is 0 Å². The van der Waals surface area contributed by atoms with Gasteiger partial charge in [0, 0.05) is 9.75 Å². The van der Waals surface area contributed by atoms with Crippen molar-refractivity contribution < 1.29 is 0 Å². The molecule has 0 aromatic carbocycles. The summed E-state index contributed by atoms with van der Waals surface area (Å²) in [4.78, 5) is 2.48. The second-order valence-corrected chi connectivity index (χ2v) is 3.58. The smallest absolute Gasteiger partial charge is 0.0276 e. The average molecular weight is 188 g/mol. The molecular weight excluding hydrogens is 176 g/mol. The van der Waals surface area contributed by atoms with Crippen LogP contribution in [-0.2, 0) is 0 Å². The van der Waals surface area contributed by atoms with E-state index in [1.54, 1.807) is 23.5 Å². The van der Waals surface area contributed by atoms with Crippen molar-refractivity contribution in [2.24, 2.45) is 0 Å². The highest BCUT2D eigenvalue weighted by atomic mass is 32.1. The number of thiophene rings is 1. The normalized spacial score (nSPS) is 11.1. The van der Waals surface area contributed by atoms with Gasteiger partial charge in [-0.1, -0.05) is 37.5 Å². The maximum atomic E-state index is 3.62. The first-order chi connectivity index (χ1) is 6.36. The van der Waals surface area contributed by atoms with Gasteiger partial charge in [0.25, 0.3) is 0 Å². The van der Waals surface area contributed by atoms with E-state index in [1.807, 2.05) is 24.3 Å². The summed E-state index contributed by atoms with van der Waals surface area (Å²) >= 11 is 1.74. The van der Waals surface area contributed by atoms with E-state index in [0.29, 0.717) is 0 Å². The predicted octanol–water partition coefficient (Wildman–Crippen LogP) is 4.15. The fourth-order valence-electron chi connectivity index (χ4n) is 0.873. The third kappa shape index (κ3) is 3.26. The fraction of sp³-hybridized carbons (Fsp3) is 0. The Bertz CT molecular complexity index is 307. The van der Waals surface area contributed by atoms with E-state index in [0.717, 1.165) is 0 Å². The molecule has 0 aliphatic carbocycles. The lowest BCUT2D eigenvalue weighted by Crippen LogP contribution is -1.53. The van der Waals surface area contributed by atoms with E-state index in [-0.39, 0.29) is 0 Å². The summed E-state index contributed by atoms with van der Waals surface area (Å²) in [6.45, 7) is 7.25. The van der Waals surface area contributed by atoms with Crippen LogP contribution in [0.25, 0.3) is 12.2 Å². The van der Waals surface area contributed by atoms with E-state index in [9.17, 15) is 0 Å². The van der Waals surface area contributed by atoms with Crippen LogP contribution in [0.2, 0.25) is 0 Å². The highest BCUT2D eigenvalue weighted by Gasteiger charge is 1.91. The van der Waals surface area contributed by atoms with Crippen LogP contribution >= 0.6 is 11.3 Å². The Morgan fingerprint density at radius 3 is 1.77 bits per heavy atom. The fourth-order valence-corrected chi connectivity index (χ4v) is 1.71. The molecule has 1 rings (SSSR count). The van der Waals surface area contributed by atoms with Gasteiger partial charge in [0.2, 0.25) is 0 Å². The van der Waals surface area contributed by atoms with E-state index in [2.05, 4.69) is 25.3 Å². The Labute approximate surface area is 83.2 Å². The summed E-state index contributed by atoms with van der Waals surface area (Å²) in [6, 6.07) is 4.18. The highest BCUT2D eigenvalue weighted by molar-refractivity contribution is 7.13. The molecule has 0 N–H and O–H groups in total. The third-order valence-electron chi connectivity index (χ3n) is 1.44. The van der Waals surface area contributed by atoms with Gasteiger partial charge >= 0.3 is 0 Å². The first kappa shape index (κ1) is 9.75. The van der Waals surface area contributed by atoms with Crippen LogP contribution in [0, 0.1) is 0 Å². The SMILES string of the molecule is C=CC=Cc1ccc(C=CC=C)s1. The molecule has 0 saturated heterocycles. The summed E-state index contributed by atoms with van der Waals surface area (Å²) in [5, 5.41) is 0. The molecule has 1 aromatic heterocycles. The van der Waals surface area contributed by atoms with Crippen molar-refractivity contribution >= 4 is 23.5 Å². The van der Waals surface area contributed by atoms with Gasteiger partial charge in [-0.15, -0.1) is 11.3 Å². The molecule has 1 aromatic rings. The van der Waals surface area contributed by atoms with Gasteiger partial charge in [0.05, 0.1) is 0 Å². The van der Waals surface area contributed by atoms with Crippen molar-refractivity contribution in [2.45, 2.75) is 0 Å². The van der Waals surface area contributed by atoms with Crippen LogP contribution in [-0.4, -0.2) is 0 Å². The quantitative estimate of drug-likeness (QED) is 0.623. The third-order valence-corrected chi connectivity index (χ3v) is 2.46. The summed E-state index contributed by atoms with van der Waals surface area (Å²) in [7, 11) is 0. The van der Waals surface area contributed by atoms with Gasteiger partial charge in [-0.2, -0.15) is 0 Å². The molecule has 0 bridgehead atoms. The molecule has 0 nitrogen and oxygen atoms in total. The second-order valence-electron chi connectivity index (χ2n) is 2.43. The lowest BCUT2D eigenvalue weighted by molar-refractivity contribution is 1.90. The van der Waals surface area contributed by atoms with Gasteiger partial charge < -0.3 is 0 Å². The molecule has 0 amide bonds. The number of hydrogen-bond donors (Lipinski definition) is 0. The summed E-state index contributed by atoms with van der Waals surface area (Å²) in [6.07, 6.45) is 11.5. The Kier molecular flexibility index (Phi) is 4.00. The predicted molar refractivity (Wildman–Crippen MR) is 62.8 cm³/mol. The van der Waals surface area contributed by atoms with Crippen LogP contribution in [0.1, 0.15) is 9.75 Å². The Morgan fingerprint density at radius 1 is 0.923 bits per heavy atom. The average Bonchev–Trinajstić information content (AvgIpc) is 2.59. The largest absolute Gasteiger partial charge is 0.137 e. The van der Waals surface area contributed by atoms with Crippen LogP contribution < -0.4 is 0 Å². The molecule has 1 heterocycles. The second kappa shape index (κ2) is 5.33. The summed E-state index contributed by atoms with van der Waals surface area (Å²) < 4.78 is 0. The highest BCUT2D eigenvalue weighted by Crippen LogP contribution is 2.19. The van der Waals surface area contributed by atoms with Crippen molar-refractivity contribution in [3.05, 3.63) is 59.3 Å². The molecule has 0 unspecified atom stereocenters. The standard InChI is InChI=1S/C12H12S/c1-3-5-7-11-9-10-12(13-11)8-6-4-2/h3-10H,1-2H2. The number of allylic oxidation sites excluding steroid dienone is 4. The molecule has 66 valence electrons. The topological polar surface area (TPSA) is 0 Å². The molecule has 13 heavy (non-hydrogen) atoms. The minimum Gasteiger partial charge on any atom is -0.137 e. The van der Waals surface area contributed by atoms with Gasteiger partial charge in [0.15, 0.2) is 0 Å². The Hall–Kier alpha value is -1.34. The number of hydrogen-bond acceptors (Lipinski definition) is 1. The first-order valence-corrected chi connectivity index (χ1v) is 4.86. The summed E-state index contributed by atoms with van der Waals surface area (Å²) in [5.41, 5.74) is 0. The zero-order valence-corrected chi connectivity index (χ0v) is 8.26. The van der Waals surface area contributed by atoms with E-state index < -0.39 is 0 Å². The zero-order valence-electron chi connectivity index (χ0n) is 7.44. The van der Waals surface area contributed by atoms with Crippen LogP contribution in [0.15, 0.2) is 49.6 Å². The van der Waals surface area contributed by atoms with Crippen molar-refractivity contribution in [2.75, 3.05) is 0 Å². The monoisotopic (exact) mass is 188 g/mol. The van der Waals surface area contributed by atoms with Crippen molar-refractivity contribution in [3.63, 3.8) is 0 Å². The zero-order chi connectivity index (χ0) is 9.52. The molecule has 0 radical (unpaired) electrons. The van der Waals surface area contributed by atoms with Gasteiger partial charge in [-0.05, 0) is 24.3 Å². The van der Waals surface area contributed by atoms with Crippen LogP contribution in [0.3, 0.4) is 0 Å². The van der Waals surface area contributed by atoms with Gasteiger partial charge in [-0.3, -0.25) is 0 Å². The molecule has 0 spiro atoms.